The third kappa shape index (κ3) is 9.82. The molecule has 0 spiro atoms. The van der Waals surface area contributed by atoms with Crippen molar-refractivity contribution >= 4 is 10.8 Å². The van der Waals surface area contributed by atoms with E-state index in [1.54, 1.807) is 0 Å². The summed E-state index contributed by atoms with van der Waals surface area (Å²) in [6.45, 7) is 6.58. The van der Waals surface area contributed by atoms with Crippen molar-refractivity contribution < 1.29 is 26.2 Å². The molecule has 23 heavy (non-hydrogen) atoms. The Balaban J connectivity index is 0.000000333. The second-order valence-electron chi connectivity index (χ2n) is 5.57. The first-order valence-corrected chi connectivity index (χ1v) is 8.68. The second-order valence-corrected chi connectivity index (χ2v) is 5.57. The molecule has 1 aliphatic rings. The predicted octanol–water partition coefficient (Wildman–Crippen LogP) is 7.23. The summed E-state index contributed by atoms with van der Waals surface area (Å²) in [6.07, 6.45) is 15.2. The molecule has 2 aromatic carbocycles. The summed E-state index contributed by atoms with van der Waals surface area (Å²) < 4.78 is 0. The third-order valence-electron chi connectivity index (χ3n) is 3.61. The molecule has 1 heteroatoms. The van der Waals surface area contributed by atoms with Gasteiger partial charge in [-0.2, -0.15) is 23.6 Å². The van der Waals surface area contributed by atoms with Gasteiger partial charge in [-0.3, -0.25) is 6.08 Å². The maximum absolute atomic E-state index is 3.30. The maximum atomic E-state index is 3.30. The van der Waals surface area contributed by atoms with Crippen molar-refractivity contribution in [3.63, 3.8) is 0 Å². The third-order valence-corrected chi connectivity index (χ3v) is 3.61. The molecule has 2 aromatic rings. The molecule has 0 N–H and O–H groups in total. The van der Waals surface area contributed by atoms with Crippen LogP contribution in [0, 0.1) is 6.08 Å². The van der Waals surface area contributed by atoms with Crippen LogP contribution in [-0.2, 0) is 26.2 Å². The molecule has 0 unspecified atom stereocenters. The number of hydrogen-bond donors (Lipinski definition) is 0. The van der Waals surface area contributed by atoms with Crippen molar-refractivity contribution in [1.29, 1.82) is 0 Å². The second kappa shape index (κ2) is 14.8. The van der Waals surface area contributed by atoms with Crippen molar-refractivity contribution in [2.45, 2.75) is 59.3 Å². The number of unbranched alkanes of at least 4 members (excludes halogenated alkanes) is 2. The largest absolute Gasteiger partial charge is 2.00 e. The number of benzene rings is 1. The summed E-state index contributed by atoms with van der Waals surface area (Å²) in [5.74, 6) is 0. The minimum absolute atomic E-state index is 0. The molecule has 0 saturated carbocycles. The molecule has 122 valence electrons. The number of rotatable bonds is 4. The van der Waals surface area contributed by atoms with Gasteiger partial charge in [0.2, 0.25) is 0 Å². The Labute approximate surface area is 162 Å². The zero-order valence-corrected chi connectivity index (χ0v) is 17.4. The molecule has 0 radical (unpaired) electrons. The van der Waals surface area contributed by atoms with E-state index in [1.165, 1.54) is 48.4 Å². The van der Waals surface area contributed by atoms with Crippen LogP contribution in [-0.4, -0.2) is 0 Å². The summed E-state index contributed by atoms with van der Waals surface area (Å²) in [4.78, 5) is 0. The first kappa shape index (κ1) is 22.2. The smallest absolute Gasteiger partial charge is 0.269 e. The van der Waals surface area contributed by atoms with Crippen molar-refractivity contribution in [3.8, 4) is 0 Å². The van der Waals surface area contributed by atoms with E-state index in [1.807, 2.05) is 0 Å². The first-order valence-electron chi connectivity index (χ1n) is 8.68. The van der Waals surface area contributed by atoms with Gasteiger partial charge < -0.3 is 0 Å². The average molecular weight is 386 g/mol. The molecular formula is C22H30Zr. The van der Waals surface area contributed by atoms with Gasteiger partial charge in [-0.25, -0.2) is 11.6 Å². The van der Waals surface area contributed by atoms with Crippen LogP contribution in [0.3, 0.4) is 0 Å². The molecule has 0 fully saturated rings. The van der Waals surface area contributed by atoms with E-state index in [2.05, 4.69) is 81.5 Å². The average Bonchev–Trinajstić information content (AvgIpc) is 3.25. The molecule has 1 aliphatic carbocycles. The number of allylic oxidation sites excluding steroid dienone is 4. The van der Waals surface area contributed by atoms with Crippen LogP contribution in [0.2, 0.25) is 0 Å². The first-order chi connectivity index (χ1) is 10.8. The maximum Gasteiger partial charge on any atom is 2.00 e. The summed E-state index contributed by atoms with van der Waals surface area (Å²) in [5, 5.41) is 2.66. The van der Waals surface area contributed by atoms with Crippen molar-refractivity contribution in [2.24, 2.45) is 0 Å². The van der Waals surface area contributed by atoms with E-state index in [-0.39, 0.29) is 26.2 Å². The normalized spacial score (nSPS) is 11.7. The molecule has 0 bridgehead atoms. The SMILES string of the molecule is CCCC.CCCCC1=[C-]CC=C1.[Zr+2].c1ccc2[cH-]ccc2c1. The van der Waals surface area contributed by atoms with E-state index >= 15 is 0 Å². The molecule has 0 saturated heterocycles. The van der Waals surface area contributed by atoms with E-state index in [9.17, 15) is 0 Å². The monoisotopic (exact) mass is 384 g/mol. The van der Waals surface area contributed by atoms with E-state index < -0.39 is 0 Å². The Hall–Kier alpha value is -0.807. The van der Waals surface area contributed by atoms with Crippen LogP contribution in [0.4, 0.5) is 0 Å². The minimum atomic E-state index is 0. The number of hydrogen-bond acceptors (Lipinski definition) is 0. The quantitative estimate of drug-likeness (QED) is 0.487. The van der Waals surface area contributed by atoms with Crippen molar-refractivity contribution in [2.75, 3.05) is 0 Å². The van der Waals surface area contributed by atoms with E-state index in [4.69, 9.17) is 0 Å². The Morgan fingerprint density at radius 3 is 2.30 bits per heavy atom. The van der Waals surface area contributed by atoms with Gasteiger partial charge in [-0.05, 0) is 0 Å². The zero-order chi connectivity index (χ0) is 16.0. The topological polar surface area (TPSA) is 0 Å². The molecule has 0 aromatic heterocycles. The van der Waals surface area contributed by atoms with Crippen LogP contribution in [0.5, 0.6) is 0 Å². The summed E-state index contributed by atoms with van der Waals surface area (Å²) >= 11 is 0. The summed E-state index contributed by atoms with van der Waals surface area (Å²) in [5.41, 5.74) is 1.41. The Kier molecular flexibility index (Phi) is 14.2. The fraction of sp³-hybridized carbons (Fsp3) is 0.409. The summed E-state index contributed by atoms with van der Waals surface area (Å²) in [7, 11) is 0. The fourth-order valence-corrected chi connectivity index (χ4v) is 2.06. The standard InChI is InChI=1S/C9H7.C9H13.C4H10.Zr/c1-2-5-9-7-3-6-8(9)4-1;1-2-3-6-9-7-4-5-8-9;1-3-4-2;/h1-7H;4,7H,2-3,5-6H2,1H3;3-4H2,1-2H3;/q2*-1;;+2. The Bertz CT molecular complexity index is 528. The molecule has 0 atom stereocenters. The van der Waals surface area contributed by atoms with Crippen LogP contribution >= 0.6 is 0 Å². The van der Waals surface area contributed by atoms with Gasteiger partial charge in [0.1, 0.15) is 0 Å². The fourth-order valence-electron chi connectivity index (χ4n) is 2.06. The van der Waals surface area contributed by atoms with Gasteiger partial charge in [0, 0.05) is 0 Å². The van der Waals surface area contributed by atoms with Gasteiger partial charge in [0.25, 0.3) is 0 Å². The van der Waals surface area contributed by atoms with Crippen LogP contribution in [0.1, 0.15) is 59.3 Å². The Morgan fingerprint density at radius 2 is 1.74 bits per heavy atom. The van der Waals surface area contributed by atoms with Gasteiger partial charge >= 0.3 is 26.2 Å². The van der Waals surface area contributed by atoms with Crippen LogP contribution < -0.4 is 0 Å². The Morgan fingerprint density at radius 1 is 1.00 bits per heavy atom. The zero-order valence-electron chi connectivity index (χ0n) is 14.9. The number of fused-ring (bicyclic) bond motifs is 1. The predicted molar refractivity (Wildman–Crippen MR) is 100 cm³/mol. The molecule has 0 amide bonds. The van der Waals surface area contributed by atoms with Gasteiger partial charge in [0.05, 0.1) is 0 Å². The molecule has 3 rings (SSSR count). The van der Waals surface area contributed by atoms with Crippen LogP contribution in [0.15, 0.2) is 60.2 Å². The minimum Gasteiger partial charge on any atom is -0.269 e. The van der Waals surface area contributed by atoms with Crippen LogP contribution in [0.25, 0.3) is 10.8 Å². The summed E-state index contributed by atoms with van der Waals surface area (Å²) in [6, 6.07) is 14.7. The molecule has 0 heterocycles. The molecule has 0 nitrogen and oxygen atoms in total. The van der Waals surface area contributed by atoms with Gasteiger partial charge in [-0.15, -0.1) is 36.1 Å². The van der Waals surface area contributed by atoms with Gasteiger partial charge in [0.15, 0.2) is 0 Å². The molecular weight excluding hydrogens is 355 g/mol. The van der Waals surface area contributed by atoms with Crippen molar-refractivity contribution in [1.82, 2.24) is 0 Å². The van der Waals surface area contributed by atoms with E-state index in [0.29, 0.717) is 0 Å². The molecule has 0 aliphatic heterocycles. The van der Waals surface area contributed by atoms with Gasteiger partial charge in [-0.1, -0.05) is 58.9 Å². The van der Waals surface area contributed by atoms with E-state index in [0.717, 1.165) is 6.42 Å². The van der Waals surface area contributed by atoms with Crippen molar-refractivity contribution in [3.05, 3.63) is 66.3 Å².